The molecule has 5 rings (SSSR count). The molecule has 0 aromatic rings. The molecule has 204 valence electrons. The molecule has 0 bridgehead atoms. The molecule has 1 amide bonds. The highest BCUT2D eigenvalue weighted by atomic mass is 19.3. The van der Waals surface area contributed by atoms with E-state index in [0.717, 1.165) is 25.8 Å². The van der Waals surface area contributed by atoms with Crippen LogP contribution in [0.15, 0.2) is 11.6 Å². The van der Waals surface area contributed by atoms with Crippen molar-refractivity contribution in [3.8, 4) is 0 Å². The number of epoxide rings is 2. The van der Waals surface area contributed by atoms with Crippen molar-refractivity contribution in [2.75, 3.05) is 46.4 Å². The molecule has 0 aromatic heterocycles. The Hall–Kier alpha value is -1.29. The molecule has 6 atom stereocenters. The van der Waals surface area contributed by atoms with Crippen LogP contribution in [0.2, 0.25) is 0 Å². The van der Waals surface area contributed by atoms with Crippen molar-refractivity contribution >= 4 is 6.09 Å². The Balaban J connectivity index is 1.11. The van der Waals surface area contributed by atoms with Crippen molar-refractivity contribution in [1.82, 2.24) is 9.80 Å². The Morgan fingerprint density at radius 1 is 1.17 bits per heavy atom. The van der Waals surface area contributed by atoms with Crippen LogP contribution in [0.5, 0.6) is 0 Å². The summed E-state index contributed by atoms with van der Waals surface area (Å²) < 4.78 is 50.9. The molecule has 4 aliphatic heterocycles. The molecule has 9 heteroatoms. The van der Waals surface area contributed by atoms with Gasteiger partial charge in [0.25, 0.3) is 5.92 Å². The topological polar surface area (TPSA) is 67.1 Å². The number of methoxy groups -OCH3 is 1. The fraction of sp³-hybridized carbons (Fsp3) is 0.889. The van der Waals surface area contributed by atoms with Crippen LogP contribution in [-0.4, -0.2) is 97.8 Å². The van der Waals surface area contributed by atoms with Crippen LogP contribution < -0.4 is 0 Å². The lowest BCUT2D eigenvalue weighted by Gasteiger charge is -2.45. The predicted molar refractivity (Wildman–Crippen MR) is 130 cm³/mol. The van der Waals surface area contributed by atoms with Crippen molar-refractivity contribution in [3.05, 3.63) is 11.6 Å². The number of nitrogens with zero attached hydrogens (tertiary/aromatic N) is 2. The van der Waals surface area contributed by atoms with Gasteiger partial charge in [0, 0.05) is 46.1 Å². The van der Waals surface area contributed by atoms with E-state index in [9.17, 15) is 13.6 Å². The number of carbonyl (C=O) groups is 1. The maximum Gasteiger partial charge on any atom is 0.410 e. The van der Waals surface area contributed by atoms with Crippen LogP contribution in [-0.2, 0) is 18.9 Å². The van der Waals surface area contributed by atoms with E-state index in [1.165, 1.54) is 5.57 Å². The molecule has 1 saturated carbocycles. The zero-order valence-corrected chi connectivity index (χ0v) is 22.1. The second-order valence-corrected chi connectivity index (χ2v) is 12.1. The summed E-state index contributed by atoms with van der Waals surface area (Å²) in [6.45, 7) is 10.1. The van der Waals surface area contributed by atoms with E-state index in [-0.39, 0.29) is 54.4 Å². The molecule has 5 aliphatic rings. The number of amides is 1. The Morgan fingerprint density at radius 2 is 1.86 bits per heavy atom. The quantitative estimate of drug-likeness (QED) is 0.358. The largest absolute Gasteiger partial charge is 0.443 e. The third-order valence-corrected chi connectivity index (χ3v) is 9.15. The first-order valence-corrected chi connectivity index (χ1v) is 13.6. The number of rotatable bonds is 8. The van der Waals surface area contributed by atoms with E-state index in [1.54, 1.807) is 12.0 Å². The third-order valence-electron chi connectivity index (χ3n) is 9.15. The Bertz CT molecular complexity index is 845. The van der Waals surface area contributed by atoms with E-state index in [1.807, 2.05) is 0 Å². The van der Waals surface area contributed by atoms with Gasteiger partial charge in [0.1, 0.15) is 23.4 Å². The first-order chi connectivity index (χ1) is 17.1. The SMILES string of the molecule is COC1C(OC(=O)N2CC(CCN3CCC(F)(F)CC3)C2)CCC2(CO2)C1[C@@]1(C)O[C@@H]1CC=C(C)C. The number of carbonyl (C=O) groups excluding carboxylic acids is 1. The molecule has 0 aromatic carbocycles. The molecule has 0 N–H and O–H groups in total. The zero-order valence-electron chi connectivity index (χ0n) is 22.1. The molecule has 4 unspecified atom stereocenters. The summed E-state index contributed by atoms with van der Waals surface area (Å²) in [5.74, 6) is -2.10. The summed E-state index contributed by atoms with van der Waals surface area (Å²) in [6, 6.07) is 0. The Labute approximate surface area is 213 Å². The van der Waals surface area contributed by atoms with Gasteiger partial charge in [-0.2, -0.15) is 0 Å². The van der Waals surface area contributed by atoms with E-state index < -0.39 is 5.92 Å². The lowest BCUT2D eigenvalue weighted by Crippen LogP contribution is -2.57. The van der Waals surface area contributed by atoms with Gasteiger partial charge >= 0.3 is 6.09 Å². The van der Waals surface area contributed by atoms with Gasteiger partial charge in [-0.25, -0.2) is 13.6 Å². The van der Waals surface area contributed by atoms with Crippen molar-refractivity contribution in [2.45, 2.75) is 94.7 Å². The van der Waals surface area contributed by atoms with Crippen molar-refractivity contribution in [3.63, 3.8) is 0 Å². The average Bonchev–Trinajstić information content (AvgIpc) is 3.70. The summed E-state index contributed by atoms with van der Waals surface area (Å²) >= 11 is 0. The van der Waals surface area contributed by atoms with Crippen LogP contribution in [0.1, 0.15) is 59.3 Å². The second-order valence-electron chi connectivity index (χ2n) is 12.1. The normalized spacial score (nSPS) is 40.0. The molecule has 1 aliphatic carbocycles. The van der Waals surface area contributed by atoms with Crippen molar-refractivity contribution in [1.29, 1.82) is 0 Å². The zero-order chi connectivity index (χ0) is 25.7. The maximum atomic E-state index is 13.4. The van der Waals surface area contributed by atoms with Gasteiger partial charge in [0.05, 0.1) is 18.6 Å². The van der Waals surface area contributed by atoms with Crippen LogP contribution >= 0.6 is 0 Å². The number of alkyl halides is 2. The van der Waals surface area contributed by atoms with Crippen LogP contribution in [0, 0.1) is 11.8 Å². The van der Waals surface area contributed by atoms with Gasteiger partial charge in [0.2, 0.25) is 0 Å². The van der Waals surface area contributed by atoms with Crippen LogP contribution in [0.25, 0.3) is 0 Å². The van der Waals surface area contributed by atoms with E-state index >= 15 is 0 Å². The molecular weight excluding hydrogens is 470 g/mol. The number of hydrogen-bond donors (Lipinski definition) is 0. The number of piperidine rings is 1. The van der Waals surface area contributed by atoms with Crippen molar-refractivity contribution < 1.29 is 32.5 Å². The fourth-order valence-electron chi connectivity index (χ4n) is 6.64. The number of likely N-dealkylation sites (tertiary alicyclic amines) is 2. The number of ether oxygens (including phenoxy) is 4. The average molecular weight is 513 g/mol. The van der Waals surface area contributed by atoms with Crippen LogP contribution in [0.3, 0.4) is 0 Å². The van der Waals surface area contributed by atoms with Gasteiger partial charge in [-0.15, -0.1) is 0 Å². The lowest BCUT2D eigenvalue weighted by atomic mass is 9.68. The highest BCUT2D eigenvalue weighted by molar-refractivity contribution is 5.69. The minimum atomic E-state index is -2.51. The highest BCUT2D eigenvalue weighted by Crippen LogP contribution is 2.59. The Kier molecular flexibility index (Phi) is 7.16. The van der Waals surface area contributed by atoms with E-state index in [2.05, 4.69) is 31.7 Å². The van der Waals surface area contributed by atoms with Gasteiger partial charge in [0.15, 0.2) is 0 Å². The van der Waals surface area contributed by atoms with E-state index in [4.69, 9.17) is 18.9 Å². The minimum absolute atomic E-state index is 0.0122. The maximum absolute atomic E-state index is 13.4. The van der Waals surface area contributed by atoms with Crippen LogP contribution in [0.4, 0.5) is 13.6 Å². The fourth-order valence-corrected chi connectivity index (χ4v) is 6.64. The highest BCUT2D eigenvalue weighted by Gasteiger charge is 2.72. The standard InChI is InChI=1S/C27H42F2N2O5/c1-18(2)5-6-21-25(3,36-21)23-22(33-4)20(7-9-26(23)17-34-26)35-24(32)31-15-19(16-31)8-12-30-13-10-27(28,29)11-14-30/h5,19-23H,6-17H2,1-4H3/t20?,21-,22?,23?,25+,26?/m1/s1. The molecular formula is C27H42F2N2O5. The lowest BCUT2D eigenvalue weighted by molar-refractivity contribution is -0.124. The molecule has 0 radical (unpaired) electrons. The smallest absolute Gasteiger partial charge is 0.410 e. The van der Waals surface area contributed by atoms with Gasteiger partial charge in [-0.3, -0.25) is 0 Å². The summed E-state index contributed by atoms with van der Waals surface area (Å²) in [4.78, 5) is 16.8. The molecule has 4 heterocycles. The van der Waals surface area contributed by atoms with Gasteiger partial charge < -0.3 is 28.7 Å². The molecule has 7 nitrogen and oxygen atoms in total. The van der Waals surface area contributed by atoms with Crippen molar-refractivity contribution in [2.24, 2.45) is 11.8 Å². The predicted octanol–water partition coefficient (Wildman–Crippen LogP) is 4.25. The Morgan fingerprint density at radius 3 is 2.47 bits per heavy atom. The molecule has 5 fully saturated rings. The van der Waals surface area contributed by atoms with E-state index in [0.29, 0.717) is 45.1 Å². The summed E-state index contributed by atoms with van der Waals surface area (Å²) in [6.07, 6.45) is 4.66. The monoisotopic (exact) mass is 512 g/mol. The second kappa shape index (κ2) is 9.79. The van der Waals surface area contributed by atoms with Gasteiger partial charge in [-0.1, -0.05) is 11.6 Å². The molecule has 4 saturated heterocycles. The molecule has 36 heavy (non-hydrogen) atoms. The summed E-state index contributed by atoms with van der Waals surface area (Å²) in [7, 11) is 1.69. The minimum Gasteiger partial charge on any atom is -0.443 e. The molecule has 1 spiro atoms. The first kappa shape index (κ1) is 26.3. The third kappa shape index (κ3) is 5.31. The summed E-state index contributed by atoms with van der Waals surface area (Å²) in [5.41, 5.74) is 0.682. The first-order valence-electron chi connectivity index (χ1n) is 13.6. The summed E-state index contributed by atoms with van der Waals surface area (Å²) in [5, 5.41) is 0. The number of hydrogen-bond acceptors (Lipinski definition) is 6. The number of allylic oxidation sites excluding steroid dienone is 1. The number of halogens is 2. The van der Waals surface area contributed by atoms with Gasteiger partial charge in [-0.05, 0) is 58.9 Å².